The molecule has 0 bridgehead atoms. The highest BCUT2D eigenvalue weighted by molar-refractivity contribution is 5.29. The molecule has 1 aromatic heterocycles. The third-order valence-corrected chi connectivity index (χ3v) is 3.11. The van der Waals surface area contributed by atoms with Crippen molar-refractivity contribution in [1.82, 2.24) is 0 Å². The standard InChI is InChI=1S/C12H19NO/c1-8(2)12-6-10-9(7-13)4-3-5-11(10)14-12/h6,8-9H,3-5,7,13H2,1-2H3. The van der Waals surface area contributed by atoms with Crippen LogP contribution in [0.4, 0.5) is 0 Å². The quantitative estimate of drug-likeness (QED) is 0.784. The van der Waals surface area contributed by atoms with Crippen molar-refractivity contribution in [3.05, 3.63) is 23.2 Å². The zero-order valence-corrected chi connectivity index (χ0v) is 9.05. The maximum atomic E-state index is 5.84. The van der Waals surface area contributed by atoms with E-state index in [2.05, 4.69) is 19.9 Å². The molecular weight excluding hydrogens is 174 g/mol. The predicted molar refractivity (Wildman–Crippen MR) is 57.5 cm³/mol. The van der Waals surface area contributed by atoms with Crippen LogP contribution in [0.5, 0.6) is 0 Å². The summed E-state index contributed by atoms with van der Waals surface area (Å²) in [5.74, 6) is 3.33. The van der Waals surface area contributed by atoms with Crippen molar-refractivity contribution in [2.75, 3.05) is 6.54 Å². The second kappa shape index (κ2) is 3.77. The van der Waals surface area contributed by atoms with Gasteiger partial charge in [-0.3, -0.25) is 0 Å². The molecule has 0 fully saturated rings. The average molecular weight is 193 g/mol. The Bertz CT molecular complexity index is 314. The summed E-state index contributed by atoms with van der Waals surface area (Å²) in [5.41, 5.74) is 7.14. The number of hydrogen-bond acceptors (Lipinski definition) is 2. The van der Waals surface area contributed by atoms with E-state index in [1.165, 1.54) is 24.2 Å². The molecule has 1 atom stereocenters. The largest absolute Gasteiger partial charge is 0.466 e. The number of aryl methyl sites for hydroxylation is 1. The molecule has 0 radical (unpaired) electrons. The zero-order chi connectivity index (χ0) is 10.1. The van der Waals surface area contributed by atoms with E-state index in [0.717, 1.165) is 18.7 Å². The van der Waals surface area contributed by atoms with Crippen molar-refractivity contribution < 1.29 is 4.42 Å². The molecule has 2 N–H and O–H groups in total. The van der Waals surface area contributed by atoms with Crippen molar-refractivity contribution >= 4 is 0 Å². The van der Waals surface area contributed by atoms with Crippen LogP contribution < -0.4 is 5.73 Å². The van der Waals surface area contributed by atoms with Crippen LogP contribution in [-0.2, 0) is 6.42 Å². The molecule has 1 aliphatic rings. The molecule has 0 aliphatic heterocycles. The molecule has 1 unspecified atom stereocenters. The smallest absolute Gasteiger partial charge is 0.107 e. The van der Waals surface area contributed by atoms with Gasteiger partial charge in [0, 0.05) is 12.3 Å². The van der Waals surface area contributed by atoms with Crippen LogP contribution in [0.15, 0.2) is 10.5 Å². The Balaban J connectivity index is 2.33. The van der Waals surface area contributed by atoms with Gasteiger partial charge in [-0.05, 0) is 36.9 Å². The molecule has 0 spiro atoms. The van der Waals surface area contributed by atoms with Gasteiger partial charge in [-0.2, -0.15) is 0 Å². The Morgan fingerprint density at radius 1 is 1.57 bits per heavy atom. The minimum atomic E-state index is 0.485. The van der Waals surface area contributed by atoms with Gasteiger partial charge in [0.1, 0.15) is 11.5 Å². The van der Waals surface area contributed by atoms with Crippen molar-refractivity contribution in [2.45, 2.75) is 44.9 Å². The molecule has 0 amide bonds. The summed E-state index contributed by atoms with van der Waals surface area (Å²) in [4.78, 5) is 0. The molecule has 2 heteroatoms. The van der Waals surface area contributed by atoms with Crippen LogP contribution in [0, 0.1) is 0 Å². The van der Waals surface area contributed by atoms with Gasteiger partial charge in [0.25, 0.3) is 0 Å². The van der Waals surface area contributed by atoms with E-state index in [0.29, 0.717) is 11.8 Å². The Labute approximate surface area is 85.5 Å². The fraction of sp³-hybridized carbons (Fsp3) is 0.667. The predicted octanol–water partition coefficient (Wildman–Crippen LogP) is 2.78. The lowest BCUT2D eigenvalue weighted by Crippen LogP contribution is -2.16. The van der Waals surface area contributed by atoms with Crippen LogP contribution in [0.1, 0.15) is 55.6 Å². The van der Waals surface area contributed by atoms with E-state index >= 15 is 0 Å². The van der Waals surface area contributed by atoms with Crippen LogP contribution in [-0.4, -0.2) is 6.54 Å². The lowest BCUT2D eigenvalue weighted by molar-refractivity contribution is 0.416. The molecule has 14 heavy (non-hydrogen) atoms. The number of nitrogens with two attached hydrogens (primary N) is 1. The summed E-state index contributed by atoms with van der Waals surface area (Å²) < 4.78 is 5.84. The maximum Gasteiger partial charge on any atom is 0.107 e. The number of furan rings is 1. The molecule has 2 rings (SSSR count). The first-order chi connectivity index (χ1) is 6.72. The monoisotopic (exact) mass is 193 g/mol. The molecule has 78 valence electrons. The van der Waals surface area contributed by atoms with Crippen LogP contribution in [0.3, 0.4) is 0 Å². The lowest BCUT2D eigenvalue weighted by atomic mass is 9.87. The minimum Gasteiger partial charge on any atom is -0.466 e. The molecule has 1 aliphatic carbocycles. The first-order valence-electron chi connectivity index (χ1n) is 5.55. The van der Waals surface area contributed by atoms with Gasteiger partial charge in [-0.25, -0.2) is 0 Å². The summed E-state index contributed by atoms with van der Waals surface area (Å²) in [7, 11) is 0. The Morgan fingerprint density at radius 3 is 3.00 bits per heavy atom. The van der Waals surface area contributed by atoms with E-state index in [-0.39, 0.29) is 0 Å². The van der Waals surface area contributed by atoms with E-state index in [1.807, 2.05) is 0 Å². The number of hydrogen-bond donors (Lipinski definition) is 1. The summed E-state index contributed by atoms with van der Waals surface area (Å²) in [6.45, 7) is 5.09. The fourth-order valence-corrected chi connectivity index (χ4v) is 2.20. The molecule has 2 nitrogen and oxygen atoms in total. The number of fused-ring (bicyclic) bond motifs is 1. The van der Waals surface area contributed by atoms with Crippen LogP contribution >= 0.6 is 0 Å². The van der Waals surface area contributed by atoms with E-state index in [4.69, 9.17) is 10.2 Å². The summed E-state index contributed by atoms with van der Waals surface area (Å²) in [6.07, 6.45) is 3.54. The van der Waals surface area contributed by atoms with Crippen LogP contribution in [0.2, 0.25) is 0 Å². The summed E-state index contributed by atoms with van der Waals surface area (Å²) >= 11 is 0. The Hall–Kier alpha value is -0.760. The third-order valence-electron chi connectivity index (χ3n) is 3.11. The van der Waals surface area contributed by atoms with Crippen molar-refractivity contribution in [1.29, 1.82) is 0 Å². The van der Waals surface area contributed by atoms with Crippen molar-refractivity contribution in [3.63, 3.8) is 0 Å². The average Bonchev–Trinajstić information content (AvgIpc) is 2.60. The van der Waals surface area contributed by atoms with Gasteiger partial charge in [0.05, 0.1) is 0 Å². The van der Waals surface area contributed by atoms with Crippen molar-refractivity contribution in [3.8, 4) is 0 Å². The second-order valence-corrected chi connectivity index (χ2v) is 4.51. The minimum absolute atomic E-state index is 0.485. The molecule has 1 aromatic rings. The number of rotatable bonds is 2. The molecule has 0 saturated heterocycles. The summed E-state index contributed by atoms with van der Waals surface area (Å²) in [5, 5.41) is 0. The summed E-state index contributed by atoms with van der Waals surface area (Å²) in [6, 6.07) is 2.22. The molecular formula is C12H19NO. The Morgan fingerprint density at radius 2 is 2.36 bits per heavy atom. The first-order valence-corrected chi connectivity index (χ1v) is 5.55. The topological polar surface area (TPSA) is 39.2 Å². The lowest BCUT2D eigenvalue weighted by Gasteiger charge is -2.19. The SMILES string of the molecule is CC(C)c1cc2c(o1)CCCC2CN. The van der Waals surface area contributed by atoms with Gasteiger partial charge in [-0.1, -0.05) is 13.8 Å². The van der Waals surface area contributed by atoms with Gasteiger partial charge in [0.2, 0.25) is 0 Å². The molecule has 0 aromatic carbocycles. The van der Waals surface area contributed by atoms with Crippen molar-refractivity contribution in [2.24, 2.45) is 5.73 Å². The maximum absolute atomic E-state index is 5.84. The molecule has 1 heterocycles. The van der Waals surface area contributed by atoms with Gasteiger partial charge in [0.15, 0.2) is 0 Å². The Kier molecular flexibility index (Phi) is 2.64. The normalized spacial score (nSPS) is 21.3. The fourth-order valence-electron chi connectivity index (χ4n) is 2.20. The van der Waals surface area contributed by atoms with E-state index in [1.54, 1.807) is 0 Å². The van der Waals surface area contributed by atoms with Gasteiger partial charge in [-0.15, -0.1) is 0 Å². The highest BCUT2D eigenvalue weighted by Gasteiger charge is 2.23. The van der Waals surface area contributed by atoms with Crippen LogP contribution in [0.25, 0.3) is 0 Å². The molecule has 0 saturated carbocycles. The highest BCUT2D eigenvalue weighted by Crippen LogP contribution is 2.35. The van der Waals surface area contributed by atoms with E-state index < -0.39 is 0 Å². The first kappa shape index (κ1) is 9.78. The second-order valence-electron chi connectivity index (χ2n) is 4.51. The van der Waals surface area contributed by atoms with Gasteiger partial charge < -0.3 is 10.2 Å². The van der Waals surface area contributed by atoms with E-state index in [9.17, 15) is 0 Å². The third kappa shape index (κ3) is 1.59. The zero-order valence-electron chi connectivity index (χ0n) is 9.05. The van der Waals surface area contributed by atoms with Gasteiger partial charge >= 0.3 is 0 Å². The highest BCUT2D eigenvalue weighted by atomic mass is 16.3.